The summed E-state index contributed by atoms with van der Waals surface area (Å²) in [4.78, 5) is 15.0. The van der Waals surface area contributed by atoms with Crippen LogP contribution in [-0.2, 0) is 19.4 Å². The van der Waals surface area contributed by atoms with Crippen LogP contribution in [0.4, 0.5) is 0 Å². The molecule has 0 spiro atoms. The zero-order valence-corrected chi connectivity index (χ0v) is 21.1. The number of thiazole rings is 1. The lowest BCUT2D eigenvalue weighted by molar-refractivity contribution is 0.792. The highest BCUT2D eigenvalue weighted by Crippen LogP contribution is 2.13. The number of nitrogens with one attached hydrogen (secondary N) is 2. The van der Waals surface area contributed by atoms with Crippen LogP contribution in [0.1, 0.15) is 40.7 Å². The molecule has 0 amide bonds. The maximum atomic E-state index is 4.68. The van der Waals surface area contributed by atoms with Gasteiger partial charge in [-0.25, -0.2) is 19.6 Å². The van der Waals surface area contributed by atoms with Crippen molar-refractivity contribution >= 4 is 41.3 Å². The number of aryl methyl sites for hydroxylation is 3. The fourth-order valence-electron chi connectivity index (χ4n) is 2.92. The number of aromatic nitrogens is 4. The summed E-state index contributed by atoms with van der Waals surface area (Å²) in [7, 11) is 0. The molecule has 0 aliphatic carbocycles. The van der Waals surface area contributed by atoms with Crippen LogP contribution < -0.4 is 10.6 Å². The summed E-state index contributed by atoms with van der Waals surface area (Å²) in [6.45, 7) is 10.4. The standard InChI is InChI=1S/C21H29N7S.HI/c1-5-18-14-25-20(29-18)9-10-23-21(22-6-2)26-13-17-7-8-19(24-12-17)28-16(4)11-15(3)27-28;/h7-8,11-12,14H,5-6,9-10,13H2,1-4H3,(H2,22,23,26);1H. The molecule has 0 fully saturated rings. The molecule has 3 heterocycles. The van der Waals surface area contributed by atoms with E-state index in [0.717, 1.165) is 59.7 Å². The Balaban J connectivity index is 0.00000320. The molecule has 0 atom stereocenters. The monoisotopic (exact) mass is 539 g/mol. The molecule has 0 bridgehead atoms. The number of halogens is 1. The third-order valence-corrected chi connectivity index (χ3v) is 5.58. The van der Waals surface area contributed by atoms with Crippen LogP contribution in [0.25, 0.3) is 5.82 Å². The van der Waals surface area contributed by atoms with E-state index in [0.29, 0.717) is 6.54 Å². The van der Waals surface area contributed by atoms with Crippen LogP contribution >= 0.6 is 35.3 Å². The summed E-state index contributed by atoms with van der Waals surface area (Å²) in [5.41, 5.74) is 3.12. The number of guanidine groups is 1. The molecule has 30 heavy (non-hydrogen) atoms. The van der Waals surface area contributed by atoms with E-state index in [9.17, 15) is 0 Å². The van der Waals surface area contributed by atoms with Gasteiger partial charge in [-0.1, -0.05) is 13.0 Å². The van der Waals surface area contributed by atoms with Gasteiger partial charge in [-0.2, -0.15) is 5.10 Å². The van der Waals surface area contributed by atoms with Gasteiger partial charge in [0.15, 0.2) is 11.8 Å². The van der Waals surface area contributed by atoms with Crippen LogP contribution in [0.15, 0.2) is 35.6 Å². The van der Waals surface area contributed by atoms with Crippen molar-refractivity contribution in [3.05, 3.63) is 57.4 Å². The van der Waals surface area contributed by atoms with Crippen LogP contribution in [0.3, 0.4) is 0 Å². The lowest BCUT2D eigenvalue weighted by Crippen LogP contribution is -2.38. The first-order chi connectivity index (χ1) is 14.1. The molecule has 162 valence electrons. The topological polar surface area (TPSA) is 80.0 Å². The average molecular weight is 539 g/mol. The van der Waals surface area contributed by atoms with Crippen molar-refractivity contribution in [2.45, 2.75) is 47.1 Å². The molecular formula is C21H30IN7S. The molecule has 0 aliphatic heterocycles. The Bertz CT molecular complexity index is 947. The summed E-state index contributed by atoms with van der Waals surface area (Å²) < 4.78 is 1.86. The maximum absolute atomic E-state index is 4.68. The van der Waals surface area contributed by atoms with Gasteiger partial charge < -0.3 is 10.6 Å². The van der Waals surface area contributed by atoms with Crippen molar-refractivity contribution in [2.24, 2.45) is 4.99 Å². The summed E-state index contributed by atoms with van der Waals surface area (Å²) >= 11 is 1.78. The molecule has 0 unspecified atom stereocenters. The van der Waals surface area contributed by atoms with Crippen molar-refractivity contribution in [2.75, 3.05) is 13.1 Å². The van der Waals surface area contributed by atoms with Gasteiger partial charge in [-0.15, -0.1) is 35.3 Å². The Hall–Kier alpha value is -2.01. The van der Waals surface area contributed by atoms with E-state index < -0.39 is 0 Å². The highest BCUT2D eigenvalue weighted by molar-refractivity contribution is 14.0. The van der Waals surface area contributed by atoms with Gasteiger partial charge in [0.1, 0.15) is 0 Å². The largest absolute Gasteiger partial charge is 0.357 e. The summed E-state index contributed by atoms with van der Waals surface area (Å²) in [6.07, 6.45) is 5.78. The smallest absolute Gasteiger partial charge is 0.191 e. The summed E-state index contributed by atoms with van der Waals surface area (Å²) in [5.74, 6) is 1.63. The minimum atomic E-state index is 0. The molecule has 0 saturated heterocycles. The second-order valence-corrected chi connectivity index (χ2v) is 8.01. The number of aliphatic imine (C=N–C) groups is 1. The van der Waals surface area contributed by atoms with Crippen LogP contribution in [-0.4, -0.2) is 38.8 Å². The quantitative estimate of drug-likeness (QED) is 0.259. The molecule has 0 radical (unpaired) electrons. The lowest BCUT2D eigenvalue weighted by atomic mass is 10.3. The number of hydrogen-bond donors (Lipinski definition) is 2. The van der Waals surface area contributed by atoms with Gasteiger partial charge in [0.2, 0.25) is 0 Å². The fraction of sp³-hybridized carbons (Fsp3) is 0.429. The number of nitrogens with zero attached hydrogens (tertiary/aromatic N) is 5. The van der Waals surface area contributed by atoms with E-state index in [4.69, 9.17) is 0 Å². The first-order valence-electron chi connectivity index (χ1n) is 10.0. The van der Waals surface area contributed by atoms with Gasteiger partial charge in [-0.05, 0) is 44.9 Å². The van der Waals surface area contributed by atoms with Crippen molar-refractivity contribution in [1.82, 2.24) is 30.4 Å². The Morgan fingerprint density at radius 2 is 1.97 bits per heavy atom. The van der Waals surface area contributed by atoms with Crippen LogP contribution in [0.2, 0.25) is 0 Å². The predicted octanol–water partition coefficient (Wildman–Crippen LogP) is 3.82. The lowest BCUT2D eigenvalue weighted by Gasteiger charge is -2.10. The van der Waals surface area contributed by atoms with Gasteiger partial charge in [0, 0.05) is 42.5 Å². The number of pyridine rings is 1. The third kappa shape index (κ3) is 6.76. The fourth-order valence-corrected chi connectivity index (χ4v) is 3.79. The van der Waals surface area contributed by atoms with Crippen molar-refractivity contribution in [3.63, 3.8) is 0 Å². The highest BCUT2D eigenvalue weighted by Gasteiger charge is 2.05. The zero-order chi connectivity index (χ0) is 20.6. The third-order valence-electron chi connectivity index (χ3n) is 4.38. The van der Waals surface area contributed by atoms with Gasteiger partial charge in [0.25, 0.3) is 0 Å². The molecule has 9 heteroatoms. The minimum Gasteiger partial charge on any atom is -0.357 e. The molecular weight excluding hydrogens is 509 g/mol. The normalized spacial score (nSPS) is 11.3. The zero-order valence-electron chi connectivity index (χ0n) is 18.0. The van der Waals surface area contributed by atoms with E-state index >= 15 is 0 Å². The first-order valence-corrected chi connectivity index (χ1v) is 10.8. The predicted molar refractivity (Wildman–Crippen MR) is 134 cm³/mol. The van der Waals surface area contributed by atoms with Crippen molar-refractivity contribution in [1.29, 1.82) is 0 Å². The van der Waals surface area contributed by atoms with Crippen LogP contribution in [0.5, 0.6) is 0 Å². The van der Waals surface area contributed by atoms with Crippen molar-refractivity contribution < 1.29 is 0 Å². The number of rotatable bonds is 8. The minimum absolute atomic E-state index is 0. The van der Waals surface area contributed by atoms with Gasteiger partial charge >= 0.3 is 0 Å². The van der Waals surface area contributed by atoms with E-state index in [1.807, 2.05) is 49.1 Å². The van der Waals surface area contributed by atoms with Crippen LogP contribution in [0, 0.1) is 13.8 Å². The van der Waals surface area contributed by atoms with Gasteiger partial charge in [-0.3, -0.25) is 0 Å². The first kappa shape index (κ1) is 24.3. The summed E-state index contributed by atoms with van der Waals surface area (Å²) in [5, 5.41) is 12.3. The molecule has 3 aromatic heterocycles. The van der Waals surface area contributed by atoms with E-state index in [-0.39, 0.29) is 24.0 Å². The second kappa shape index (κ2) is 12.0. The number of hydrogen-bond acceptors (Lipinski definition) is 5. The Kier molecular flexibility index (Phi) is 9.70. The van der Waals surface area contributed by atoms with E-state index in [1.165, 1.54) is 4.88 Å². The SMILES string of the molecule is CCNC(=NCc1ccc(-n2nc(C)cc2C)nc1)NCCc1ncc(CC)s1.I. The Labute approximate surface area is 199 Å². The van der Waals surface area contributed by atoms with Gasteiger partial charge in [0.05, 0.1) is 17.2 Å². The molecule has 3 rings (SSSR count). The summed E-state index contributed by atoms with van der Waals surface area (Å²) in [6, 6.07) is 6.08. The average Bonchev–Trinajstić information content (AvgIpc) is 3.32. The Morgan fingerprint density at radius 3 is 2.57 bits per heavy atom. The maximum Gasteiger partial charge on any atom is 0.191 e. The molecule has 0 aliphatic rings. The molecule has 0 aromatic carbocycles. The molecule has 3 aromatic rings. The van der Waals surface area contributed by atoms with E-state index in [2.05, 4.69) is 44.5 Å². The van der Waals surface area contributed by atoms with E-state index in [1.54, 1.807) is 11.3 Å². The molecule has 7 nitrogen and oxygen atoms in total. The van der Waals surface area contributed by atoms with Crippen molar-refractivity contribution in [3.8, 4) is 5.82 Å². The Morgan fingerprint density at radius 1 is 1.13 bits per heavy atom. The molecule has 0 saturated carbocycles. The second-order valence-electron chi connectivity index (χ2n) is 6.81. The highest BCUT2D eigenvalue weighted by atomic mass is 127. The molecule has 2 N–H and O–H groups in total.